The fourth-order valence-electron chi connectivity index (χ4n) is 0. The first-order valence-electron chi connectivity index (χ1n) is 1.92. The molecule has 0 aliphatic rings. The van der Waals surface area contributed by atoms with E-state index in [0.717, 1.165) is 5.92 Å². The normalized spacial score (nSPS) is 9.60. The molecule has 0 atom stereocenters. The molecule has 0 spiro atoms. The van der Waals surface area contributed by atoms with Gasteiger partial charge in [0.1, 0.15) is 0 Å². The van der Waals surface area contributed by atoms with Crippen LogP contribution in [0, 0.1) is 5.92 Å². The summed E-state index contributed by atoms with van der Waals surface area (Å²) in [6, 6.07) is 0. The number of hydrogen-bond acceptors (Lipinski definition) is 0. The molecule has 0 nitrogen and oxygen atoms in total. The predicted octanol–water partition coefficient (Wildman–Crippen LogP) is 1.23. The summed E-state index contributed by atoms with van der Waals surface area (Å²) >= 11 is 2.20. The van der Waals surface area contributed by atoms with Gasteiger partial charge in [-0.15, -0.1) is 0 Å². The second-order valence-corrected chi connectivity index (χ2v) is 2.45. The van der Waals surface area contributed by atoms with Crippen LogP contribution in [0.4, 0.5) is 0 Å². The molecule has 0 saturated heterocycles. The van der Waals surface area contributed by atoms with E-state index in [9.17, 15) is 0 Å². The van der Waals surface area contributed by atoms with Crippen molar-refractivity contribution >= 4 is 16.5 Å². The Labute approximate surface area is 42.2 Å². The molecule has 0 aromatic heterocycles. The van der Waals surface area contributed by atoms with Crippen LogP contribution in [0.1, 0.15) is 13.8 Å². The van der Waals surface area contributed by atoms with E-state index < -0.39 is 0 Å². The van der Waals surface area contributed by atoms with Gasteiger partial charge in [0.15, 0.2) is 0 Å². The van der Waals surface area contributed by atoms with E-state index in [2.05, 4.69) is 30.4 Å². The molecule has 0 aliphatic carbocycles. The van der Waals surface area contributed by atoms with Crippen molar-refractivity contribution in [2.24, 2.45) is 5.92 Å². The van der Waals surface area contributed by atoms with Crippen LogP contribution in [0.2, 0.25) is 5.25 Å². The Morgan fingerprint density at radius 1 is 1.60 bits per heavy atom. The van der Waals surface area contributed by atoms with Crippen molar-refractivity contribution in [3.8, 4) is 0 Å². The van der Waals surface area contributed by atoms with Gasteiger partial charge < -0.3 is 0 Å². The minimum absolute atomic E-state index is 0.884. The van der Waals surface area contributed by atoms with E-state index in [1.807, 2.05) is 0 Å². The van der Waals surface area contributed by atoms with Gasteiger partial charge >= 0.3 is 41.5 Å². The quantitative estimate of drug-likeness (QED) is 0.468. The third-order valence-corrected chi connectivity index (χ3v) is 2.12. The molecule has 0 aromatic carbocycles. The molecule has 0 rings (SSSR count). The zero-order valence-corrected chi connectivity index (χ0v) is 5.88. The van der Waals surface area contributed by atoms with E-state index in [4.69, 9.17) is 0 Å². The Morgan fingerprint density at radius 3 is 1.80 bits per heavy atom. The van der Waals surface area contributed by atoms with Crippen molar-refractivity contribution < 1.29 is 0 Å². The fourth-order valence-corrected chi connectivity index (χ4v) is 0. The SMILES string of the molecule is CC(C)[CH2][Ge]. The van der Waals surface area contributed by atoms with Gasteiger partial charge in [-0.1, -0.05) is 0 Å². The van der Waals surface area contributed by atoms with Gasteiger partial charge in [-0.3, -0.25) is 0 Å². The summed E-state index contributed by atoms with van der Waals surface area (Å²) in [6.07, 6.45) is 0. The Hall–Kier alpha value is 0.543. The standard InChI is InChI=1S/C4H9Ge/c1-4(2)3-5/h4H,3H2,1-2H3. The van der Waals surface area contributed by atoms with Crippen LogP contribution < -0.4 is 0 Å². The molecule has 0 aliphatic heterocycles. The second kappa shape index (κ2) is 2.76. The molecule has 0 fully saturated rings. The third kappa shape index (κ3) is 4.54. The molecule has 0 bridgehead atoms. The first kappa shape index (κ1) is 5.54. The molecule has 29 valence electrons. The molecule has 1 heteroatoms. The van der Waals surface area contributed by atoms with Gasteiger partial charge in [0, 0.05) is 0 Å². The summed E-state index contributed by atoms with van der Waals surface area (Å²) in [5, 5.41) is 1.31. The van der Waals surface area contributed by atoms with Gasteiger partial charge in [-0.2, -0.15) is 0 Å². The summed E-state index contributed by atoms with van der Waals surface area (Å²) in [6.45, 7) is 4.44. The zero-order chi connectivity index (χ0) is 4.28. The maximum atomic E-state index is 2.22. The summed E-state index contributed by atoms with van der Waals surface area (Å²) in [5.41, 5.74) is 0. The van der Waals surface area contributed by atoms with Crippen LogP contribution >= 0.6 is 0 Å². The van der Waals surface area contributed by atoms with E-state index in [1.165, 1.54) is 5.25 Å². The Kier molecular flexibility index (Phi) is 3.06. The monoisotopic (exact) mass is 131 g/mol. The van der Waals surface area contributed by atoms with Crippen LogP contribution in [0.5, 0.6) is 0 Å². The zero-order valence-electron chi connectivity index (χ0n) is 3.78. The molecular formula is C4H9Ge. The molecule has 0 saturated carbocycles. The summed E-state index contributed by atoms with van der Waals surface area (Å²) in [7, 11) is 0. The van der Waals surface area contributed by atoms with Crippen molar-refractivity contribution in [2.45, 2.75) is 19.1 Å². The summed E-state index contributed by atoms with van der Waals surface area (Å²) < 4.78 is 0. The van der Waals surface area contributed by atoms with Crippen LogP contribution in [0.25, 0.3) is 0 Å². The average Bonchev–Trinajstić information content (AvgIpc) is 1.38. The maximum absolute atomic E-state index is 2.22. The summed E-state index contributed by atoms with van der Waals surface area (Å²) in [5.74, 6) is 0.884. The fraction of sp³-hybridized carbons (Fsp3) is 1.00. The van der Waals surface area contributed by atoms with Crippen molar-refractivity contribution in [3.05, 3.63) is 0 Å². The van der Waals surface area contributed by atoms with Gasteiger partial charge in [-0.25, -0.2) is 0 Å². The Balaban J connectivity index is 2.54. The third-order valence-electron chi connectivity index (χ3n) is 0.408. The first-order valence-corrected chi connectivity index (χ1v) is 3.40. The molecule has 3 radical (unpaired) electrons. The second-order valence-electron chi connectivity index (χ2n) is 1.60. The van der Waals surface area contributed by atoms with Gasteiger partial charge in [0.05, 0.1) is 0 Å². The van der Waals surface area contributed by atoms with Gasteiger partial charge in [0.25, 0.3) is 0 Å². The molecular weight excluding hydrogens is 121 g/mol. The molecule has 0 unspecified atom stereocenters. The van der Waals surface area contributed by atoms with Crippen LogP contribution in [-0.2, 0) is 0 Å². The van der Waals surface area contributed by atoms with Crippen LogP contribution in [-0.4, -0.2) is 16.5 Å². The van der Waals surface area contributed by atoms with Gasteiger partial charge in [0.2, 0.25) is 0 Å². The van der Waals surface area contributed by atoms with Crippen molar-refractivity contribution in [1.82, 2.24) is 0 Å². The first-order chi connectivity index (χ1) is 2.27. The Bertz CT molecular complexity index is 17.6. The van der Waals surface area contributed by atoms with Crippen molar-refractivity contribution in [3.63, 3.8) is 0 Å². The Morgan fingerprint density at radius 2 is 1.80 bits per heavy atom. The molecule has 0 heterocycles. The van der Waals surface area contributed by atoms with E-state index in [0.29, 0.717) is 0 Å². The average molecular weight is 130 g/mol. The predicted molar refractivity (Wildman–Crippen MR) is 25.4 cm³/mol. The topological polar surface area (TPSA) is 0 Å². The van der Waals surface area contributed by atoms with E-state index in [1.54, 1.807) is 0 Å². The molecule has 0 aromatic rings. The van der Waals surface area contributed by atoms with Crippen molar-refractivity contribution in [2.75, 3.05) is 0 Å². The minimum atomic E-state index is 0.884. The van der Waals surface area contributed by atoms with Crippen LogP contribution in [0.15, 0.2) is 0 Å². The number of rotatable bonds is 1. The molecule has 5 heavy (non-hydrogen) atoms. The van der Waals surface area contributed by atoms with Crippen molar-refractivity contribution in [1.29, 1.82) is 0 Å². The van der Waals surface area contributed by atoms with E-state index in [-0.39, 0.29) is 0 Å². The number of hydrogen-bond donors (Lipinski definition) is 0. The van der Waals surface area contributed by atoms with Crippen LogP contribution in [0.3, 0.4) is 0 Å². The van der Waals surface area contributed by atoms with E-state index >= 15 is 0 Å². The molecule has 0 amide bonds. The van der Waals surface area contributed by atoms with Gasteiger partial charge in [-0.05, 0) is 0 Å². The molecule has 0 N–H and O–H groups in total. The summed E-state index contributed by atoms with van der Waals surface area (Å²) in [4.78, 5) is 0.